The highest BCUT2D eigenvalue weighted by Crippen LogP contribution is 2.25. The van der Waals surface area contributed by atoms with Gasteiger partial charge in [-0.3, -0.25) is 0 Å². The van der Waals surface area contributed by atoms with Crippen molar-refractivity contribution >= 4 is 5.69 Å². The van der Waals surface area contributed by atoms with Gasteiger partial charge in [-0.25, -0.2) is 0 Å². The lowest BCUT2D eigenvalue weighted by Gasteiger charge is -2.25. The van der Waals surface area contributed by atoms with Crippen molar-refractivity contribution < 1.29 is 9.84 Å². The average molecular weight is 195 g/mol. The van der Waals surface area contributed by atoms with Crippen LogP contribution in [-0.2, 0) is 0 Å². The second-order valence-electron chi connectivity index (χ2n) is 3.87. The van der Waals surface area contributed by atoms with Crippen LogP contribution in [0, 0.1) is 0 Å². The number of rotatable bonds is 4. The third-order valence-corrected chi connectivity index (χ3v) is 1.98. The molecule has 0 aliphatic rings. The summed E-state index contributed by atoms with van der Waals surface area (Å²) >= 11 is 0. The van der Waals surface area contributed by atoms with Crippen molar-refractivity contribution in [1.82, 2.24) is 0 Å². The minimum atomic E-state index is -0.339. The van der Waals surface area contributed by atoms with Crippen molar-refractivity contribution in [2.75, 3.05) is 19.0 Å². The number of anilines is 1. The van der Waals surface area contributed by atoms with Gasteiger partial charge in [0.1, 0.15) is 5.75 Å². The molecule has 0 aromatic heterocycles. The fourth-order valence-corrected chi connectivity index (χ4v) is 1.15. The molecular formula is C11H17NO2. The molecule has 0 aliphatic carbocycles. The molecule has 0 saturated carbocycles. The minimum Gasteiger partial charge on any atom is -0.495 e. The largest absolute Gasteiger partial charge is 0.495 e. The molecular weight excluding hydrogens is 178 g/mol. The van der Waals surface area contributed by atoms with Crippen molar-refractivity contribution in [2.24, 2.45) is 0 Å². The number of benzene rings is 1. The molecule has 14 heavy (non-hydrogen) atoms. The maximum atomic E-state index is 9.12. The Labute approximate surface area is 84.7 Å². The maximum Gasteiger partial charge on any atom is 0.141 e. The summed E-state index contributed by atoms with van der Waals surface area (Å²) in [6, 6.07) is 7.65. The summed E-state index contributed by atoms with van der Waals surface area (Å²) in [6.07, 6.45) is 0. The van der Waals surface area contributed by atoms with E-state index >= 15 is 0 Å². The summed E-state index contributed by atoms with van der Waals surface area (Å²) < 4.78 is 5.19. The van der Waals surface area contributed by atoms with Crippen LogP contribution in [0.2, 0.25) is 0 Å². The fraction of sp³-hybridized carbons (Fsp3) is 0.455. The van der Waals surface area contributed by atoms with Crippen molar-refractivity contribution in [3.63, 3.8) is 0 Å². The van der Waals surface area contributed by atoms with E-state index in [9.17, 15) is 0 Å². The Hall–Kier alpha value is -1.22. The third-order valence-electron chi connectivity index (χ3n) is 1.98. The zero-order valence-corrected chi connectivity index (χ0v) is 8.87. The van der Waals surface area contributed by atoms with E-state index in [1.54, 1.807) is 7.11 Å². The second-order valence-corrected chi connectivity index (χ2v) is 3.87. The molecule has 0 bridgehead atoms. The van der Waals surface area contributed by atoms with Gasteiger partial charge in [-0.05, 0) is 26.0 Å². The number of ether oxygens (including phenoxy) is 1. The summed E-state index contributed by atoms with van der Waals surface area (Å²) in [5, 5.41) is 12.3. The van der Waals surface area contributed by atoms with Gasteiger partial charge in [0.25, 0.3) is 0 Å². The number of aliphatic hydroxyl groups is 1. The first-order chi connectivity index (χ1) is 6.59. The van der Waals surface area contributed by atoms with Gasteiger partial charge in [0, 0.05) is 0 Å². The number of aliphatic hydroxyl groups excluding tert-OH is 1. The summed E-state index contributed by atoms with van der Waals surface area (Å²) in [4.78, 5) is 0. The van der Waals surface area contributed by atoms with E-state index in [0.717, 1.165) is 11.4 Å². The Balaban J connectivity index is 2.85. The van der Waals surface area contributed by atoms with Crippen LogP contribution in [0.3, 0.4) is 0 Å². The molecule has 0 radical (unpaired) electrons. The molecule has 78 valence electrons. The Morgan fingerprint density at radius 2 is 2.00 bits per heavy atom. The van der Waals surface area contributed by atoms with E-state index < -0.39 is 0 Å². The zero-order chi connectivity index (χ0) is 10.6. The van der Waals surface area contributed by atoms with Gasteiger partial charge in [0.15, 0.2) is 0 Å². The molecule has 0 aliphatic heterocycles. The smallest absolute Gasteiger partial charge is 0.141 e. The predicted molar refractivity (Wildman–Crippen MR) is 57.8 cm³/mol. The molecule has 1 aromatic rings. The molecule has 2 N–H and O–H groups in total. The minimum absolute atomic E-state index is 0.0745. The monoisotopic (exact) mass is 195 g/mol. The van der Waals surface area contributed by atoms with E-state index in [0.29, 0.717) is 0 Å². The summed E-state index contributed by atoms with van der Waals surface area (Å²) in [6.45, 7) is 3.93. The van der Waals surface area contributed by atoms with Crippen LogP contribution < -0.4 is 10.1 Å². The molecule has 3 heteroatoms. The number of hydrogen-bond acceptors (Lipinski definition) is 3. The average Bonchev–Trinajstić information content (AvgIpc) is 2.18. The van der Waals surface area contributed by atoms with E-state index in [1.807, 2.05) is 38.1 Å². The second kappa shape index (κ2) is 4.33. The highest BCUT2D eigenvalue weighted by molar-refractivity contribution is 5.57. The first kappa shape index (κ1) is 10.9. The molecule has 0 atom stereocenters. The van der Waals surface area contributed by atoms with E-state index in [2.05, 4.69) is 5.32 Å². The summed E-state index contributed by atoms with van der Waals surface area (Å²) in [5.74, 6) is 0.786. The van der Waals surface area contributed by atoms with E-state index in [-0.39, 0.29) is 12.1 Å². The molecule has 3 nitrogen and oxygen atoms in total. The standard InChI is InChI=1S/C11H17NO2/c1-11(2,8-13)12-9-6-4-5-7-10(9)14-3/h4-7,12-13H,8H2,1-3H3. The Kier molecular flexibility index (Phi) is 3.36. The molecule has 1 rings (SSSR count). The van der Waals surface area contributed by atoms with Crippen molar-refractivity contribution in [2.45, 2.75) is 19.4 Å². The third kappa shape index (κ3) is 2.64. The Morgan fingerprint density at radius 1 is 1.36 bits per heavy atom. The van der Waals surface area contributed by atoms with Gasteiger partial charge < -0.3 is 15.2 Å². The normalized spacial score (nSPS) is 11.1. The first-order valence-corrected chi connectivity index (χ1v) is 4.61. The van der Waals surface area contributed by atoms with Gasteiger partial charge in [-0.2, -0.15) is 0 Å². The fourth-order valence-electron chi connectivity index (χ4n) is 1.15. The SMILES string of the molecule is COc1ccccc1NC(C)(C)CO. The quantitative estimate of drug-likeness (QED) is 0.770. The van der Waals surface area contributed by atoms with Crippen LogP contribution in [0.15, 0.2) is 24.3 Å². The number of methoxy groups -OCH3 is 1. The highest BCUT2D eigenvalue weighted by atomic mass is 16.5. The van der Waals surface area contributed by atoms with Gasteiger partial charge in [0.2, 0.25) is 0 Å². The predicted octanol–water partition coefficient (Wildman–Crippen LogP) is 1.88. The molecule has 1 aromatic carbocycles. The lowest BCUT2D eigenvalue weighted by molar-refractivity contribution is 0.234. The molecule has 0 spiro atoms. The van der Waals surface area contributed by atoms with Crippen LogP contribution in [0.1, 0.15) is 13.8 Å². The van der Waals surface area contributed by atoms with Crippen LogP contribution in [0.25, 0.3) is 0 Å². The maximum absolute atomic E-state index is 9.12. The number of hydrogen-bond donors (Lipinski definition) is 2. The van der Waals surface area contributed by atoms with Crippen LogP contribution in [0.5, 0.6) is 5.75 Å². The molecule has 0 saturated heterocycles. The van der Waals surface area contributed by atoms with Gasteiger partial charge in [0.05, 0.1) is 24.9 Å². The lowest BCUT2D eigenvalue weighted by Crippen LogP contribution is -2.35. The molecule has 0 heterocycles. The summed E-state index contributed by atoms with van der Waals surface area (Å²) in [5.41, 5.74) is 0.559. The number of para-hydroxylation sites is 2. The first-order valence-electron chi connectivity index (χ1n) is 4.61. The van der Waals surface area contributed by atoms with Crippen molar-refractivity contribution in [3.8, 4) is 5.75 Å². The highest BCUT2D eigenvalue weighted by Gasteiger charge is 2.17. The lowest BCUT2D eigenvalue weighted by atomic mass is 10.1. The van der Waals surface area contributed by atoms with Gasteiger partial charge in [-0.15, -0.1) is 0 Å². The Morgan fingerprint density at radius 3 is 2.57 bits per heavy atom. The van der Waals surface area contributed by atoms with E-state index in [1.165, 1.54) is 0 Å². The van der Waals surface area contributed by atoms with E-state index in [4.69, 9.17) is 9.84 Å². The molecule has 0 fully saturated rings. The van der Waals surface area contributed by atoms with Crippen LogP contribution >= 0.6 is 0 Å². The zero-order valence-electron chi connectivity index (χ0n) is 8.87. The summed E-state index contributed by atoms with van der Waals surface area (Å²) in [7, 11) is 1.63. The van der Waals surface area contributed by atoms with Crippen molar-refractivity contribution in [1.29, 1.82) is 0 Å². The topological polar surface area (TPSA) is 41.5 Å². The molecule has 0 unspecified atom stereocenters. The number of nitrogens with one attached hydrogen (secondary N) is 1. The van der Waals surface area contributed by atoms with Gasteiger partial charge >= 0.3 is 0 Å². The molecule has 0 amide bonds. The van der Waals surface area contributed by atoms with Gasteiger partial charge in [-0.1, -0.05) is 12.1 Å². The van der Waals surface area contributed by atoms with Crippen molar-refractivity contribution in [3.05, 3.63) is 24.3 Å². The van der Waals surface area contributed by atoms with Crippen LogP contribution in [0.4, 0.5) is 5.69 Å². The van der Waals surface area contributed by atoms with Crippen LogP contribution in [-0.4, -0.2) is 24.4 Å². The Bertz CT molecular complexity index is 297.